The van der Waals surface area contributed by atoms with E-state index in [-0.39, 0.29) is 11.6 Å². The lowest BCUT2D eigenvalue weighted by molar-refractivity contribution is -0.384. The van der Waals surface area contributed by atoms with Crippen LogP contribution in [-0.4, -0.2) is 35.2 Å². The Kier molecular flexibility index (Phi) is 2.75. The summed E-state index contributed by atoms with van der Waals surface area (Å²) >= 11 is 0. The minimum atomic E-state index is -0.479. The molecule has 0 saturated heterocycles. The van der Waals surface area contributed by atoms with Crippen molar-refractivity contribution in [3.63, 3.8) is 0 Å². The Morgan fingerprint density at radius 1 is 1.24 bits per heavy atom. The quantitative estimate of drug-likeness (QED) is 0.521. The second kappa shape index (κ2) is 4.47. The smallest absolute Gasteiger partial charge is 0.269 e. The summed E-state index contributed by atoms with van der Waals surface area (Å²) in [6.07, 6.45) is 0. The van der Waals surface area contributed by atoms with E-state index in [1.807, 2.05) is 0 Å². The summed E-state index contributed by atoms with van der Waals surface area (Å²) in [5.74, 6) is 0.926. The van der Waals surface area contributed by atoms with E-state index in [4.69, 9.17) is 0 Å². The molecule has 21 heavy (non-hydrogen) atoms. The van der Waals surface area contributed by atoms with Gasteiger partial charge in [0.15, 0.2) is 5.82 Å². The number of rotatable bonds is 2. The van der Waals surface area contributed by atoms with Gasteiger partial charge in [-0.1, -0.05) is 0 Å². The van der Waals surface area contributed by atoms with E-state index in [2.05, 4.69) is 15.2 Å². The fraction of sp³-hybridized carbons (Fsp3) is 0.167. The van der Waals surface area contributed by atoms with Crippen LogP contribution in [-0.2, 0) is 0 Å². The summed E-state index contributed by atoms with van der Waals surface area (Å²) in [4.78, 5) is 25.9. The number of aromatic nitrogens is 5. The standard InChI is InChI=1S/C12H10N6O3/c1-7-13-12-16(8(2)19)15-11(17(12)14-7)9-3-5-10(6-4-9)18(20)21/h3-6H,1-2H3. The molecule has 3 aromatic rings. The van der Waals surface area contributed by atoms with Gasteiger partial charge in [-0.3, -0.25) is 14.9 Å². The number of carbonyl (C=O) groups is 1. The Labute approximate surface area is 118 Å². The van der Waals surface area contributed by atoms with Crippen molar-refractivity contribution in [3.8, 4) is 11.4 Å². The zero-order chi connectivity index (χ0) is 15.1. The van der Waals surface area contributed by atoms with E-state index in [1.54, 1.807) is 19.1 Å². The van der Waals surface area contributed by atoms with Gasteiger partial charge in [-0.15, -0.1) is 10.2 Å². The molecule has 0 atom stereocenters. The van der Waals surface area contributed by atoms with Crippen LogP contribution >= 0.6 is 0 Å². The Hall–Kier alpha value is -3.10. The molecule has 3 rings (SSSR count). The molecule has 106 valence electrons. The first-order chi connectivity index (χ1) is 9.97. The Morgan fingerprint density at radius 3 is 2.48 bits per heavy atom. The molecular weight excluding hydrogens is 276 g/mol. The van der Waals surface area contributed by atoms with Gasteiger partial charge in [-0.25, -0.2) is 0 Å². The molecule has 0 aliphatic rings. The maximum absolute atomic E-state index is 11.6. The third kappa shape index (κ3) is 2.04. The number of nitro benzene ring substituents is 1. The van der Waals surface area contributed by atoms with Crippen LogP contribution in [0.25, 0.3) is 17.2 Å². The highest BCUT2D eigenvalue weighted by molar-refractivity contribution is 5.79. The first-order valence-electron chi connectivity index (χ1n) is 6.05. The number of hydrogen-bond donors (Lipinski definition) is 0. The first kappa shape index (κ1) is 12.9. The lowest BCUT2D eigenvalue weighted by Gasteiger charge is -1.96. The predicted molar refractivity (Wildman–Crippen MR) is 71.9 cm³/mol. The first-order valence-corrected chi connectivity index (χ1v) is 6.05. The molecule has 0 unspecified atom stereocenters. The van der Waals surface area contributed by atoms with Crippen molar-refractivity contribution in [2.75, 3.05) is 0 Å². The predicted octanol–water partition coefficient (Wildman–Crippen LogP) is 1.47. The van der Waals surface area contributed by atoms with Crippen molar-refractivity contribution >= 4 is 17.4 Å². The Bertz CT molecular complexity index is 861. The molecule has 1 aromatic carbocycles. The number of fused-ring (bicyclic) bond motifs is 1. The molecule has 2 heterocycles. The number of benzene rings is 1. The molecule has 0 aliphatic carbocycles. The van der Waals surface area contributed by atoms with Crippen molar-refractivity contribution in [3.05, 3.63) is 40.2 Å². The third-order valence-corrected chi connectivity index (χ3v) is 2.92. The highest BCUT2D eigenvalue weighted by Gasteiger charge is 2.18. The van der Waals surface area contributed by atoms with E-state index in [1.165, 1.54) is 23.6 Å². The molecule has 0 N–H and O–H groups in total. The highest BCUT2D eigenvalue weighted by atomic mass is 16.6. The van der Waals surface area contributed by atoms with E-state index >= 15 is 0 Å². The van der Waals surface area contributed by atoms with Crippen LogP contribution < -0.4 is 0 Å². The van der Waals surface area contributed by atoms with Crippen LogP contribution in [0.2, 0.25) is 0 Å². The average Bonchev–Trinajstić information content (AvgIpc) is 2.95. The maximum Gasteiger partial charge on any atom is 0.269 e. The minimum absolute atomic E-state index is 0.0178. The lowest BCUT2D eigenvalue weighted by Crippen LogP contribution is -2.08. The monoisotopic (exact) mass is 286 g/mol. The van der Waals surface area contributed by atoms with E-state index in [0.717, 1.165) is 4.68 Å². The summed E-state index contributed by atoms with van der Waals surface area (Å²) in [5.41, 5.74) is 0.589. The number of nitro groups is 1. The molecule has 9 nitrogen and oxygen atoms in total. The highest BCUT2D eigenvalue weighted by Crippen LogP contribution is 2.22. The van der Waals surface area contributed by atoms with Crippen LogP contribution in [0.4, 0.5) is 5.69 Å². The molecule has 0 saturated carbocycles. The van der Waals surface area contributed by atoms with Crippen molar-refractivity contribution in [2.45, 2.75) is 13.8 Å². The number of hydrogen-bond acceptors (Lipinski definition) is 6. The molecule has 2 aromatic heterocycles. The topological polar surface area (TPSA) is 108 Å². The van der Waals surface area contributed by atoms with Crippen molar-refractivity contribution in [1.29, 1.82) is 0 Å². The molecule has 0 amide bonds. The normalized spacial score (nSPS) is 11.0. The molecule has 9 heteroatoms. The van der Waals surface area contributed by atoms with Gasteiger partial charge in [0.1, 0.15) is 5.82 Å². The summed E-state index contributed by atoms with van der Waals surface area (Å²) in [7, 11) is 0. The van der Waals surface area contributed by atoms with Gasteiger partial charge in [0.2, 0.25) is 5.91 Å². The molecule has 0 fully saturated rings. The Balaban J connectivity index is 2.19. The minimum Gasteiger partial charge on any atom is -0.273 e. The maximum atomic E-state index is 11.6. The van der Waals surface area contributed by atoms with Crippen LogP contribution in [0.1, 0.15) is 17.5 Å². The fourth-order valence-corrected chi connectivity index (χ4v) is 1.99. The van der Waals surface area contributed by atoms with Gasteiger partial charge in [-0.05, 0) is 19.1 Å². The van der Waals surface area contributed by atoms with Crippen LogP contribution in [0.3, 0.4) is 0 Å². The average molecular weight is 286 g/mol. The second-order valence-electron chi connectivity index (χ2n) is 4.43. The van der Waals surface area contributed by atoms with Crippen LogP contribution in [0.15, 0.2) is 24.3 Å². The second-order valence-corrected chi connectivity index (χ2v) is 4.43. The third-order valence-electron chi connectivity index (χ3n) is 2.92. The van der Waals surface area contributed by atoms with Gasteiger partial charge < -0.3 is 0 Å². The summed E-state index contributed by atoms with van der Waals surface area (Å²) < 4.78 is 2.59. The van der Waals surface area contributed by atoms with Crippen LogP contribution in [0, 0.1) is 17.0 Å². The zero-order valence-electron chi connectivity index (χ0n) is 11.2. The molecule has 0 bridgehead atoms. The number of carbonyl (C=O) groups excluding carboxylic acids is 1. The van der Waals surface area contributed by atoms with Crippen molar-refractivity contribution in [1.82, 2.24) is 24.4 Å². The van der Waals surface area contributed by atoms with Crippen LogP contribution in [0.5, 0.6) is 0 Å². The lowest BCUT2D eigenvalue weighted by atomic mass is 10.2. The van der Waals surface area contributed by atoms with Crippen molar-refractivity contribution in [2.24, 2.45) is 0 Å². The van der Waals surface area contributed by atoms with Gasteiger partial charge in [0.05, 0.1) is 4.92 Å². The number of nitrogens with zero attached hydrogens (tertiary/aromatic N) is 6. The van der Waals surface area contributed by atoms with Gasteiger partial charge in [0.25, 0.3) is 11.5 Å². The van der Waals surface area contributed by atoms with Gasteiger partial charge >= 0.3 is 0 Å². The number of non-ortho nitro benzene ring substituents is 1. The zero-order valence-corrected chi connectivity index (χ0v) is 11.2. The van der Waals surface area contributed by atoms with Gasteiger partial charge in [0, 0.05) is 24.6 Å². The summed E-state index contributed by atoms with van der Waals surface area (Å²) in [5, 5.41) is 19.0. The number of aryl methyl sites for hydroxylation is 1. The Morgan fingerprint density at radius 2 is 1.90 bits per heavy atom. The SMILES string of the molecule is CC(=O)n1nc(-c2ccc([N+](=O)[O-])cc2)n2nc(C)nc12. The molecule has 0 radical (unpaired) electrons. The summed E-state index contributed by atoms with van der Waals surface area (Å²) in [6, 6.07) is 5.86. The largest absolute Gasteiger partial charge is 0.273 e. The van der Waals surface area contributed by atoms with Gasteiger partial charge in [-0.2, -0.15) is 14.2 Å². The summed E-state index contributed by atoms with van der Waals surface area (Å²) in [6.45, 7) is 3.08. The fourth-order valence-electron chi connectivity index (χ4n) is 1.99. The molecular formula is C12H10N6O3. The van der Waals surface area contributed by atoms with Crippen molar-refractivity contribution < 1.29 is 9.72 Å². The van der Waals surface area contributed by atoms with E-state index < -0.39 is 4.92 Å². The molecule has 0 aliphatic heterocycles. The van der Waals surface area contributed by atoms with E-state index in [9.17, 15) is 14.9 Å². The van der Waals surface area contributed by atoms with E-state index in [0.29, 0.717) is 23.0 Å². The molecule has 0 spiro atoms.